The lowest BCUT2D eigenvalue weighted by atomic mass is 10.2. The highest BCUT2D eigenvalue weighted by atomic mass is 16.3. The fourth-order valence-corrected chi connectivity index (χ4v) is 1.70. The maximum absolute atomic E-state index is 11.8. The summed E-state index contributed by atoms with van der Waals surface area (Å²) in [5.41, 5.74) is -0.0631. The van der Waals surface area contributed by atoms with E-state index in [1.807, 2.05) is 6.92 Å². The zero-order valence-corrected chi connectivity index (χ0v) is 8.81. The van der Waals surface area contributed by atoms with Crippen molar-refractivity contribution < 1.29 is 5.11 Å². The minimum absolute atomic E-state index is 0.0626. The molecule has 1 atom stereocenters. The lowest BCUT2D eigenvalue weighted by molar-refractivity contribution is 0.217. The Balaban J connectivity index is 2.25. The summed E-state index contributed by atoms with van der Waals surface area (Å²) in [7, 11) is 0. The number of aromatic nitrogens is 3. The van der Waals surface area contributed by atoms with E-state index in [2.05, 4.69) is 10.4 Å². The van der Waals surface area contributed by atoms with E-state index < -0.39 is 0 Å². The van der Waals surface area contributed by atoms with Gasteiger partial charge < -0.3 is 10.4 Å². The predicted molar refractivity (Wildman–Crippen MR) is 54.4 cm³/mol. The summed E-state index contributed by atoms with van der Waals surface area (Å²) in [6, 6.07) is 0. The third kappa shape index (κ3) is 1.95. The fraction of sp³-hybridized carbons (Fsp3) is 0.778. The summed E-state index contributed by atoms with van der Waals surface area (Å²) < 4.78 is 3.14. The van der Waals surface area contributed by atoms with E-state index in [1.54, 1.807) is 4.57 Å². The average Bonchev–Trinajstić information content (AvgIpc) is 2.57. The number of fused-ring (bicyclic) bond motifs is 1. The molecule has 0 aromatic carbocycles. The number of rotatable bonds is 3. The summed E-state index contributed by atoms with van der Waals surface area (Å²) in [6.07, 6.45) is 0. The van der Waals surface area contributed by atoms with Crippen molar-refractivity contribution in [2.75, 3.05) is 13.2 Å². The van der Waals surface area contributed by atoms with Crippen LogP contribution < -0.4 is 11.0 Å². The molecule has 0 spiro atoms. The lowest BCUT2D eigenvalue weighted by Gasteiger charge is -2.11. The van der Waals surface area contributed by atoms with Gasteiger partial charge in [-0.15, -0.1) is 0 Å². The maximum atomic E-state index is 11.8. The van der Waals surface area contributed by atoms with Gasteiger partial charge in [0.2, 0.25) is 0 Å². The van der Waals surface area contributed by atoms with Gasteiger partial charge in [-0.05, 0) is 5.92 Å². The van der Waals surface area contributed by atoms with Gasteiger partial charge >= 0.3 is 5.69 Å². The molecular weight excluding hydrogens is 196 g/mol. The highest BCUT2D eigenvalue weighted by Gasteiger charge is 2.16. The van der Waals surface area contributed by atoms with Crippen molar-refractivity contribution in [2.24, 2.45) is 5.92 Å². The Hall–Kier alpha value is -1.14. The highest BCUT2D eigenvalue weighted by Crippen LogP contribution is 2.00. The van der Waals surface area contributed by atoms with Crippen molar-refractivity contribution in [3.05, 3.63) is 16.3 Å². The van der Waals surface area contributed by atoms with Crippen LogP contribution in [-0.4, -0.2) is 32.6 Å². The molecule has 2 N–H and O–H groups in total. The molecular formula is C9H16N4O2. The molecule has 0 saturated heterocycles. The fourth-order valence-electron chi connectivity index (χ4n) is 1.70. The molecule has 6 nitrogen and oxygen atoms in total. The van der Waals surface area contributed by atoms with Crippen LogP contribution in [0.15, 0.2) is 4.79 Å². The SMILES string of the molecule is CC(CO)Cn1nc2n(c1=O)CCNC2. The molecule has 1 unspecified atom stereocenters. The zero-order chi connectivity index (χ0) is 10.8. The monoisotopic (exact) mass is 212 g/mol. The Labute approximate surface area is 87.5 Å². The Bertz CT molecular complexity index is 395. The Morgan fingerprint density at radius 1 is 1.67 bits per heavy atom. The van der Waals surface area contributed by atoms with Crippen molar-refractivity contribution in [3.8, 4) is 0 Å². The van der Waals surface area contributed by atoms with Gasteiger partial charge in [-0.2, -0.15) is 5.10 Å². The molecule has 0 fully saturated rings. The first-order chi connectivity index (χ1) is 7.22. The largest absolute Gasteiger partial charge is 0.396 e. The third-order valence-electron chi connectivity index (χ3n) is 2.59. The van der Waals surface area contributed by atoms with Crippen LogP contribution in [0.2, 0.25) is 0 Å². The molecule has 1 aliphatic heterocycles. The van der Waals surface area contributed by atoms with Crippen molar-refractivity contribution in [2.45, 2.75) is 26.6 Å². The third-order valence-corrected chi connectivity index (χ3v) is 2.59. The number of nitrogens with one attached hydrogen (secondary N) is 1. The molecule has 2 rings (SSSR count). The first-order valence-corrected chi connectivity index (χ1v) is 5.20. The summed E-state index contributed by atoms with van der Waals surface area (Å²) in [5, 5.41) is 16.3. The van der Waals surface area contributed by atoms with Gasteiger partial charge in [0.25, 0.3) is 0 Å². The van der Waals surface area contributed by atoms with E-state index in [-0.39, 0.29) is 18.2 Å². The molecule has 0 bridgehead atoms. The van der Waals surface area contributed by atoms with Crippen LogP contribution in [0, 0.1) is 5.92 Å². The first kappa shape index (κ1) is 10.4. The van der Waals surface area contributed by atoms with E-state index in [4.69, 9.17) is 5.11 Å². The molecule has 84 valence electrons. The molecule has 1 aliphatic rings. The molecule has 15 heavy (non-hydrogen) atoms. The van der Waals surface area contributed by atoms with Crippen LogP contribution in [0.3, 0.4) is 0 Å². The molecule has 0 radical (unpaired) electrons. The van der Waals surface area contributed by atoms with E-state index in [1.165, 1.54) is 4.68 Å². The predicted octanol–water partition coefficient (Wildman–Crippen LogP) is -1.22. The number of aliphatic hydroxyl groups is 1. The summed E-state index contributed by atoms with van der Waals surface area (Å²) in [6.45, 7) is 4.59. The molecule has 0 amide bonds. The average molecular weight is 212 g/mol. The second-order valence-corrected chi connectivity index (χ2v) is 4.00. The van der Waals surface area contributed by atoms with Crippen LogP contribution in [0.1, 0.15) is 12.7 Å². The molecule has 6 heteroatoms. The Kier molecular flexibility index (Phi) is 2.88. The van der Waals surface area contributed by atoms with Crippen LogP contribution in [0.5, 0.6) is 0 Å². The van der Waals surface area contributed by atoms with Crippen molar-refractivity contribution in [1.82, 2.24) is 19.7 Å². The second kappa shape index (κ2) is 4.16. The molecule has 0 saturated carbocycles. The van der Waals surface area contributed by atoms with Gasteiger partial charge in [-0.1, -0.05) is 6.92 Å². The van der Waals surface area contributed by atoms with Gasteiger partial charge in [-0.3, -0.25) is 4.57 Å². The normalized spacial score (nSPS) is 17.5. The first-order valence-electron chi connectivity index (χ1n) is 5.20. The van der Waals surface area contributed by atoms with Crippen molar-refractivity contribution in [1.29, 1.82) is 0 Å². The summed E-state index contributed by atoms with van der Waals surface area (Å²) in [4.78, 5) is 11.8. The quantitative estimate of drug-likeness (QED) is 0.658. The van der Waals surface area contributed by atoms with Gasteiger partial charge in [-0.25, -0.2) is 9.48 Å². The number of hydrogen-bond acceptors (Lipinski definition) is 4. The topological polar surface area (TPSA) is 72.1 Å². The standard InChI is InChI=1S/C9H16N4O2/c1-7(6-14)5-13-9(15)12-3-2-10-4-8(12)11-13/h7,10,14H,2-6H2,1H3. The molecule has 0 aliphatic carbocycles. The number of hydrogen-bond donors (Lipinski definition) is 2. The number of nitrogens with zero attached hydrogens (tertiary/aromatic N) is 3. The van der Waals surface area contributed by atoms with Crippen molar-refractivity contribution in [3.63, 3.8) is 0 Å². The Morgan fingerprint density at radius 2 is 2.47 bits per heavy atom. The van der Waals surface area contributed by atoms with E-state index in [0.29, 0.717) is 19.6 Å². The van der Waals surface area contributed by atoms with Crippen LogP contribution in [0.4, 0.5) is 0 Å². The van der Waals surface area contributed by atoms with Gasteiger partial charge in [0.05, 0.1) is 13.1 Å². The second-order valence-electron chi connectivity index (χ2n) is 4.00. The maximum Gasteiger partial charge on any atom is 0.346 e. The van der Waals surface area contributed by atoms with Gasteiger partial charge in [0, 0.05) is 19.7 Å². The minimum atomic E-state index is -0.0631. The van der Waals surface area contributed by atoms with Gasteiger partial charge in [0.1, 0.15) is 5.82 Å². The summed E-state index contributed by atoms with van der Waals surface area (Å²) >= 11 is 0. The molecule has 2 heterocycles. The number of aliphatic hydroxyl groups excluding tert-OH is 1. The lowest BCUT2D eigenvalue weighted by Crippen LogP contribution is -2.34. The molecule has 1 aromatic heterocycles. The highest BCUT2D eigenvalue weighted by molar-refractivity contribution is 4.90. The van der Waals surface area contributed by atoms with Gasteiger partial charge in [0.15, 0.2) is 0 Å². The van der Waals surface area contributed by atoms with Crippen molar-refractivity contribution >= 4 is 0 Å². The molecule has 1 aromatic rings. The van der Waals surface area contributed by atoms with E-state index >= 15 is 0 Å². The smallest absolute Gasteiger partial charge is 0.346 e. The summed E-state index contributed by atoms with van der Waals surface area (Å²) in [5.74, 6) is 0.851. The van der Waals surface area contributed by atoms with E-state index in [9.17, 15) is 4.79 Å². The van der Waals surface area contributed by atoms with Crippen LogP contribution >= 0.6 is 0 Å². The van der Waals surface area contributed by atoms with Crippen LogP contribution in [0.25, 0.3) is 0 Å². The zero-order valence-electron chi connectivity index (χ0n) is 8.81. The minimum Gasteiger partial charge on any atom is -0.396 e. The van der Waals surface area contributed by atoms with Crippen LogP contribution in [-0.2, 0) is 19.6 Å². The Morgan fingerprint density at radius 3 is 3.13 bits per heavy atom. The van der Waals surface area contributed by atoms with E-state index in [0.717, 1.165) is 12.4 Å².